The van der Waals surface area contributed by atoms with Crippen molar-refractivity contribution in [3.05, 3.63) is 88.4 Å². The molecule has 4 aliphatic rings. The molecule has 5 amide bonds. The van der Waals surface area contributed by atoms with E-state index in [9.17, 15) is 37.1 Å². The van der Waals surface area contributed by atoms with Crippen molar-refractivity contribution in [3.8, 4) is 11.1 Å². The van der Waals surface area contributed by atoms with Crippen molar-refractivity contribution in [1.29, 1.82) is 5.41 Å². The van der Waals surface area contributed by atoms with Crippen LogP contribution in [0.2, 0.25) is 0 Å². The molecule has 0 spiro atoms. The molecule has 8 rings (SSSR count). The Bertz CT molecular complexity index is 2480. The zero-order valence-corrected chi connectivity index (χ0v) is 33.1. The fourth-order valence-electron chi connectivity index (χ4n) is 8.29. The van der Waals surface area contributed by atoms with Gasteiger partial charge in [0.15, 0.2) is 0 Å². The van der Waals surface area contributed by atoms with E-state index in [1.54, 1.807) is 25.2 Å². The Hall–Kier alpha value is -6.43. The van der Waals surface area contributed by atoms with Gasteiger partial charge in [-0.1, -0.05) is 12.1 Å². The summed E-state index contributed by atoms with van der Waals surface area (Å²) in [5, 5.41) is 22.3. The lowest BCUT2D eigenvalue weighted by Crippen LogP contribution is -2.54. The summed E-state index contributed by atoms with van der Waals surface area (Å²) in [6, 6.07) is 9.49. The molecule has 6 N–H and O–H groups in total. The van der Waals surface area contributed by atoms with Gasteiger partial charge in [0.05, 0.1) is 44.9 Å². The molecule has 1 saturated carbocycles. The monoisotopic (exact) mass is 841 g/mol. The van der Waals surface area contributed by atoms with Crippen LogP contribution in [0.3, 0.4) is 0 Å². The average molecular weight is 842 g/mol. The van der Waals surface area contributed by atoms with Crippen molar-refractivity contribution in [3.63, 3.8) is 0 Å². The number of carbonyl (C=O) groups is 5. The van der Waals surface area contributed by atoms with Crippen LogP contribution in [-0.4, -0.2) is 102 Å². The molecule has 3 aromatic carbocycles. The third-order valence-corrected chi connectivity index (χ3v) is 11.6. The van der Waals surface area contributed by atoms with Crippen LogP contribution in [0.1, 0.15) is 91.9 Å². The standard InChI is InChI=1S/C43H43F4N9O5/c1-49-37-28-19-27(30(43(45,46)47)20-33(28)51-21-29(37)39(58)53-23-7-8-23)22-6-9-25(31(44)18-22)38(57)50-14-3-15-55-16-12-24(13-17-55)52-32-5-2-4-26-36(32)42(61)56(41(26)60)34-10-11-35(48)54-40(34)59/h2,4-6,9,18-21,23-24,34,52H,3,7-8,10-17H2,1H3,(H,49,51)(H,50,57)(H,53,58)(H2,48,54,59). The highest BCUT2D eigenvalue weighted by atomic mass is 19.4. The topological polar surface area (TPSA) is 189 Å². The van der Waals surface area contributed by atoms with E-state index < -0.39 is 53.1 Å². The van der Waals surface area contributed by atoms with Crippen molar-refractivity contribution in [1.82, 2.24) is 30.7 Å². The van der Waals surface area contributed by atoms with E-state index >= 15 is 4.39 Å². The third-order valence-electron chi connectivity index (χ3n) is 11.6. The number of amides is 5. The quantitative estimate of drug-likeness (QED) is 0.0605. The number of fused-ring (bicyclic) bond motifs is 2. The Labute approximate surface area is 347 Å². The highest BCUT2D eigenvalue weighted by Crippen LogP contribution is 2.42. The molecule has 4 heterocycles. The van der Waals surface area contributed by atoms with Gasteiger partial charge in [-0.2, -0.15) is 13.2 Å². The maximum atomic E-state index is 15.5. The number of nitrogens with one attached hydrogen (secondary N) is 6. The summed E-state index contributed by atoms with van der Waals surface area (Å²) in [5.74, 6) is -3.68. The van der Waals surface area contributed by atoms with Gasteiger partial charge in [-0.3, -0.25) is 39.3 Å². The van der Waals surface area contributed by atoms with E-state index in [4.69, 9.17) is 5.41 Å². The number of aromatic nitrogens is 1. The smallest absolute Gasteiger partial charge is 0.387 e. The summed E-state index contributed by atoms with van der Waals surface area (Å²) in [6.07, 6.45) is 0.539. The van der Waals surface area contributed by atoms with Gasteiger partial charge in [-0.25, -0.2) is 4.39 Å². The van der Waals surface area contributed by atoms with Crippen LogP contribution < -0.4 is 26.6 Å². The number of halogens is 4. The number of hydrogen-bond donors (Lipinski definition) is 6. The van der Waals surface area contributed by atoms with Crippen LogP contribution in [0.25, 0.3) is 22.0 Å². The summed E-state index contributed by atoms with van der Waals surface area (Å²) < 4.78 is 58.6. The largest absolute Gasteiger partial charge is 0.417 e. The minimum absolute atomic E-state index is 0.00282. The molecule has 318 valence electrons. The second-order valence-electron chi connectivity index (χ2n) is 15.8. The number of carbonyl (C=O) groups excluding carboxylic acids is 5. The van der Waals surface area contributed by atoms with Crippen LogP contribution >= 0.6 is 0 Å². The number of nitrogens with zero attached hydrogens (tertiary/aromatic N) is 3. The molecule has 61 heavy (non-hydrogen) atoms. The first-order valence-corrected chi connectivity index (χ1v) is 20.2. The summed E-state index contributed by atoms with van der Waals surface area (Å²) in [4.78, 5) is 72.6. The number of amidine groups is 1. The Kier molecular flexibility index (Phi) is 11.2. The molecule has 2 saturated heterocycles. The molecule has 1 aliphatic carbocycles. The van der Waals surface area contributed by atoms with Gasteiger partial charge in [0.25, 0.3) is 23.6 Å². The van der Waals surface area contributed by atoms with E-state index in [-0.39, 0.29) is 87.3 Å². The van der Waals surface area contributed by atoms with E-state index in [0.29, 0.717) is 31.7 Å². The lowest BCUT2D eigenvalue weighted by molar-refractivity contribution is -0.137. The fraction of sp³-hybridized carbons (Fsp3) is 0.372. The van der Waals surface area contributed by atoms with Gasteiger partial charge in [0.1, 0.15) is 11.9 Å². The van der Waals surface area contributed by atoms with Crippen molar-refractivity contribution >= 4 is 57.6 Å². The molecule has 1 atom stereocenters. The number of hydrogen-bond acceptors (Lipinski definition) is 10. The molecule has 14 nitrogen and oxygen atoms in total. The number of benzene rings is 3. The zero-order valence-electron chi connectivity index (χ0n) is 33.1. The molecule has 18 heteroatoms. The second kappa shape index (κ2) is 16.6. The molecule has 0 radical (unpaired) electrons. The normalized spacial score (nSPS) is 18.6. The Morgan fingerprint density at radius 1 is 0.918 bits per heavy atom. The number of piperidine rings is 2. The van der Waals surface area contributed by atoms with Crippen molar-refractivity contribution in [2.24, 2.45) is 0 Å². The van der Waals surface area contributed by atoms with Crippen molar-refractivity contribution < 1.29 is 41.5 Å². The fourth-order valence-corrected chi connectivity index (χ4v) is 8.29. The molecular formula is C43H43F4N9O5. The van der Waals surface area contributed by atoms with Gasteiger partial charge in [0, 0.05) is 62.5 Å². The second-order valence-corrected chi connectivity index (χ2v) is 15.8. The highest BCUT2D eigenvalue weighted by molar-refractivity contribution is 6.25. The number of imide groups is 1. The minimum Gasteiger partial charge on any atom is -0.387 e. The summed E-state index contributed by atoms with van der Waals surface area (Å²) >= 11 is 0. The van der Waals surface area contributed by atoms with E-state index in [1.807, 2.05) is 0 Å². The van der Waals surface area contributed by atoms with Crippen LogP contribution in [0.4, 0.5) is 28.9 Å². The lowest BCUT2D eigenvalue weighted by atomic mass is 9.94. The van der Waals surface area contributed by atoms with Crippen molar-refractivity contribution in [2.75, 3.05) is 43.9 Å². The van der Waals surface area contributed by atoms with Crippen LogP contribution in [0.5, 0.6) is 0 Å². The molecule has 3 fully saturated rings. The first-order valence-electron chi connectivity index (χ1n) is 20.2. The number of pyridine rings is 1. The Morgan fingerprint density at radius 2 is 1.69 bits per heavy atom. The molecule has 3 aliphatic heterocycles. The summed E-state index contributed by atoms with van der Waals surface area (Å²) in [7, 11) is 1.55. The first-order chi connectivity index (χ1) is 29.2. The predicted octanol–water partition coefficient (Wildman–Crippen LogP) is 5.54. The number of anilines is 2. The van der Waals surface area contributed by atoms with Crippen molar-refractivity contribution in [2.45, 2.75) is 69.2 Å². The third kappa shape index (κ3) is 8.36. The van der Waals surface area contributed by atoms with Crippen LogP contribution in [-0.2, 0) is 11.0 Å². The molecule has 1 aromatic heterocycles. The molecule has 4 aromatic rings. The van der Waals surface area contributed by atoms with Crippen LogP contribution in [0, 0.1) is 11.2 Å². The predicted molar refractivity (Wildman–Crippen MR) is 218 cm³/mol. The molecule has 0 bridgehead atoms. The maximum Gasteiger partial charge on any atom is 0.417 e. The zero-order chi connectivity index (χ0) is 43.2. The van der Waals surface area contributed by atoms with E-state index in [0.717, 1.165) is 48.8 Å². The van der Waals surface area contributed by atoms with Gasteiger partial charge >= 0.3 is 6.18 Å². The maximum absolute atomic E-state index is 15.5. The minimum atomic E-state index is -4.82. The lowest BCUT2D eigenvalue weighted by Gasteiger charge is -2.33. The summed E-state index contributed by atoms with van der Waals surface area (Å²) in [5.41, 5.74) is -0.375. The van der Waals surface area contributed by atoms with E-state index in [1.165, 1.54) is 18.3 Å². The highest BCUT2D eigenvalue weighted by Gasteiger charge is 2.45. The van der Waals surface area contributed by atoms with Gasteiger partial charge < -0.3 is 31.5 Å². The Morgan fingerprint density at radius 3 is 2.38 bits per heavy atom. The molecule has 1 unspecified atom stereocenters. The average Bonchev–Trinajstić information content (AvgIpc) is 4.01. The van der Waals surface area contributed by atoms with Gasteiger partial charge in [-0.15, -0.1) is 0 Å². The number of alkyl halides is 3. The van der Waals surface area contributed by atoms with Gasteiger partial charge in [0.2, 0.25) is 5.91 Å². The number of likely N-dealkylation sites (tertiary alicyclic amines) is 1. The summed E-state index contributed by atoms with van der Waals surface area (Å²) in [6.45, 7) is 2.27. The van der Waals surface area contributed by atoms with E-state index in [2.05, 4.69) is 36.5 Å². The SMILES string of the molecule is CNc1c(C(=O)NC2CC2)cnc2cc(C(F)(F)F)c(-c3ccc(C(=O)NCCCN4CCC(Nc5cccc6c5C(=O)N(C5CCC(=N)NC5=O)C6=O)CC4)c(F)c3)cc12. The number of rotatable bonds is 12. The van der Waals surface area contributed by atoms with Gasteiger partial charge in [-0.05, 0) is 92.6 Å². The van der Waals surface area contributed by atoms with Crippen LogP contribution in [0.15, 0.2) is 54.7 Å². The molecular weight excluding hydrogens is 799 g/mol. The first kappa shape index (κ1) is 41.3. The Balaban J connectivity index is 0.859.